The zero-order valence-electron chi connectivity index (χ0n) is 8.78. The summed E-state index contributed by atoms with van der Waals surface area (Å²) in [6.45, 7) is 4.21. The van der Waals surface area contributed by atoms with Crippen molar-refractivity contribution >= 4 is 29.2 Å². The molecule has 78 valence electrons. The highest BCUT2D eigenvalue weighted by Crippen LogP contribution is 2.20. The summed E-state index contributed by atoms with van der Waals surface area (Å²) in [7, 11) is 1.99. The van der Waals surface area contributed by atoms with Crippen LogP contribution in [0.25, 0.3) is 0 Å². The molecule has 0 unspecified atom stereocenters. The van der Waals surface area contributed by atoms with Gasteiger partial charge in [0, 0.05) is 19.2 Å². The van der Waals surface area contributed by atoms with E-state index >= 15 is 0 Å². The number of thioether (sulfide) groups is 1. The van der Waals surface area contributed by atoms with Crippen LogP contribution in [0.5, 0.6) is 0 Å². The highest BCUT2D eigenvalue weighted by Gasteiger charge is 2.09. The summed E-state index contributed by atoms with van der Waals surface area (Å²) < 4.78 is 0. The minimum absolute atomic E-state index is 0.399. The first-order chi connectivity index (χ1) is 6.54. The van der Waals surface area contributed by atoms with Crippen molar-refractivity contribution in [1.82, 2.24) is 9.97 Å². The minimum Gasteiger partial charge on any atom is -0.357 e. The Balaban J connectivity index is 3.02. The van der Waals surface area contributed by atoms with Gasteiger partial charge >= 0.3 is 0 Å². The predicted octanol–water partition coefficient (Wildman–Crippen LogP) is 2.70. The van der Waals surface area contributed by atoms with Gasteiger partial charge in [-0.3, -0.25) is 0 Å². The average molecular weight is 232 g/mol. The maximum absolute atomic E-state index is 5.89. The number of nitrogens with zero attached hydrogens (tertiary/aromatic N) is 3. The molecule has 0 aliphatic heterocycles. The van der Waals surface area contributed by atoms with Crippen molar-refractivity contribution in [2.75, 3.05) is 18.2 Å². The Labute approximate surface area is 93.9 Å². The average Bonchev–Trinajstić information content (AvgIpc) is 2.15. The first-order valence-electron chi connectivity index (χ1n) is 4.36. The van der Waals surface area contributed by atoms with Crippen molar-refractivity contribution in [3.8, 4) is 0 Å². The van der Waals surface area contributed by atoms with Crippen LogP contribution in [0.4, 0.5) is 5.82 Å². The number of hydrogen-bond acceptors (Lipinski definition) is 4. The second-order valence-corrected chi connectivity index (χ2v) is 4.40. The molecule has 0 aliphatic carbocycles. The lowest BCUT2D eigenvalue weighted by Crippen LogP contribution is -2.26. The lowest BCUT2D eigenvalue weighted by molar-refractivity contribution is 0.733. The maximum Gasteiger partial charge on any atom is 0.190 e. The number of rotatable bonds is 3. The van der Waals surface area contributed by atoms with Gasteiger partial charge in [-0.1, -0.05) is 23.4 Å². The third-order valence-electron chi connectivity index (χ3n) is 1.98. The summed E-state index contributed by atoms with van der Waals surface area (Å²) in [5.41, 5.74) is 0. The SMILES string of the molecule is CSc1nc(Cl)cc(N(C)C(C)C)n1. The van der Waals surface area contributed by atoms with Crippen LogP contribution in [0.3, 0.4) is 0 Å². The molecule has 0 bridgehead atoms. The van der Waals surface area contributed by atoms with Gasteiger partial charge in [0.25, 0.3) is 0 Å². The Morgan fingerprint density at radius 3 is 2.57 bits per heavy atom. The summed E-state index contributed by atoms with van der Waals surface area (Å²) in [5, 5.41) is 1.20. The van der Waals surface area contributed by atoms with Crippen molar-refractivity contribution in [3.05, 3.63) is 11.2 Å². The van der Waals surface area contributed by atoms with E-state index in [1.54, 1.807) is 6.07 Å². The molecule has 1 aromatic heterocycles. The molecule has 14 heavy (non-hydrogen) atoms. The Bertz CT molecular complexity index is 317. The second-order valence-electron chi connectivity index (χ2n) is 3.24. The van der Waals surface area contributed by atoms with E-state index in [1.165, 1.54) is 11.8 Å². The molecule has 0 saturated heterocycles. The molecule has 0 saturated carbocycles. The normalized spacial score (nSPS) is 10.7. The van der Waals surface area contributed by atoms with Crippen molar-refractivity contribution in [2.45, 2.75) is 25.0 Å². The molecule has 5 heteroatoms. The van der Waals surface area contributed by atoms with Crippen molar-refractivity contribution in [2.24, 2.45) is 0 Å². The molecule has 0 radical (unpaired) electrons. The first kappa shape index (κ1) is 11.6. The molecular formula is C9H14ClN3S. The summed E-state index contributed by atoms with van der Waals surface area (Å²) in [6, 6.07) is 2.18. The van der Waals surface area contributed by atoms with Gasteiger partial charge in [0.1, 0.15) is 11.0 Å². The first-order valence-corrected chi connectivity index (χ1v) is 5.96. The molecule has 0 aromatic carbocycles. The topological polar surface area (TPSA) is 29.0 Å². The Morgan fingerprint density at radius 1 is 1.43 bits per heavy atom. The lowest BCUT2D eigenvalue weighted by atomic mass is 10.3. The number of halogens is 1. The lowest BCUT2D eigenvalue weighted by Gasteiger charge is -2.22. The van der Waals surface area contributed by atoms with Gasteiger partial charge in [0.15, 0.2) is 5.16 Å². The molecular weight excluding hydrogens is 218 g/mol. The van der Waals surface area contributed by atoms with Gasteiger partial charge in [-0.05, 0) is 20.1 Å². The summed E-state index contributed by atoms with van der Waals surface area (Å²) in [5.74, 6) is 0.865. The van der Waals surface area contributed by atoms with Crippen LogP contribution in [-0.2, 0) is 0 Å². The van der Waals surface area contributed by atoms with E-state index in [-0.39, 0.29) is 0 Å². The Kier molecular flexibility index (Phi) is 4.01. The molecule has 0 N–H and O–H groups in total. The third-order valence-corrected chi connectivity index (χ3v) is 2.72. The van der Waals surface area contributed by atoms with Crippen molar-refractivity contribution < 1.29 is 0 Å². The van der Waals surface area contributed by atoms with E-state index in [0.29, 0.717) is 16.4 Å². The number of aromatic nitrogens is 2. The standard InChI is InChI=1S/C9H14ClN3S/c1-6(2)13(3)8-5-7(10)11-9(12-8)14-4/h5-6H,1-4H3. The van der Waals surface area contributed by atoms with Gasteiger partial charge in [-0.25, -0.2) is 9.97 Å². The van der Waals surface area contributed by atoms with Gasteiger partial charge in [0.05, 0.1) is 0 Å². The molecule has 0 fully saturated rings. The van der Waals surface area contributed by atoms with Crippen LogP contribution in [0.1, 0.15) is 13.8 Å². The monoisotopic (exact) mass is 231 g/mol. The summed E-state index contributed by atoms with van der Waals surface area (Å²) >= 11 is 7.38. The van der Waals surface area contributed by atoms with Gasteiger partial charge in [-0.2, -0.15) is 0 Å². The number of anilines is 1. The fourth-order valence-corrected chi connectivity index (χ4v) is 1.52. The molecule has 0 atom stereocenters. The van der Waals surface area contributed by atoms with E-state index in [1.807, 2.05) is 13.3 Å². The van der Waals surface area contributed by atoms with E-state index in [4.69, 9.17) is 11.6 Å². The Morgan fingerprint density at radius 2 is 2.07 bits per heavy atom. The summed E-state index contributed by atoms with van der Waals surface area (Å²) in [4.78, 5) is 10.5. The zero-order valence-corrected chi connectivity index (χ0v) is 10.4. The molecule has 1 rings (SSSR count). The van der Waals surface area contributed by atoms with Crippen LogP contribution >= 0.6 is 23.4 Å². The molecule has 0 spiro atoms. The van der Waals surface area contributed by atoms with Gasteiger partial charge in [-0.15, -0.1) is 0 Å². The van der Waals surface area contributed by atoms with E-state index in [2.05, 4.69) is 28.7 Å². The molecule has 1 heterocycles. The van der Waals surface area contributed by atoms with Crippen molar-refractivity contribution in [1.29, 1.82) is 0 Å². The van der Waals surface area contributed by atoms with Crippen LogP contribution in [-0.4, -0.2) is 29.3 Å². The molecule has 0 aliphatic rings. The highest BCUT2D eigenvalue weighted by molar-refractivity contribution is 7.98. The molecule has 0 amide bonds. The Hall–Kier alpha value is -0.480. The fraction of sp³-hybridized carbons (Fsp3) is 0.556. The minimum atomic E-state index is 0.399. The second kappa shape index (κ2) is 4.84. The fourth-order valence-electron chi connectivity index (χ4n) is 0.922. The highest BCUT2D eigenvalue weighted by atomic mass is 35.5. The van der Waals surface area contributed by atoms with E-state index in [0.717, 1.165) is 5.82 Å². The molecule has 3 nitrogen and oxygen atoms in total. The van der Waals surface area contributed by atoms with E-state index in [9.17, 15) is 0 Å². The third kappa shape index (κ3) is 2.75. The summed E-state index contributed by atoms with van der Waals surface area (Å²) in [6.07, 6.45) is 1.94. The largest absolute Gasteiger partial charge is 0.357 e. The van der Waals surface area contributed by atoms with Gasteiger partial charge in [0.2, 0.25) is 0 Å². The van der Waals surface area contributed by atoms with Crippen LogP contribution in [0.2, 0.25) is 5.15 Å². The van der Waals surface area contributed by atoms with Gasteiger partial charge < -0.3 is 4.90 Å². The van der Waals surface area contributed by atoms with E-state index < -0.39 is 0 Å². The predicted molar refractivity (Wildman–Crippen MR) is 62.4 cm³/mol. The van der Waals surface area contributed by atoms with Crippen LogP contribution in [0.15, 0.2) is 11.2 Å². The quantitative estimate of drug-likeness (QED) is 0.455. The van der Waals surface area contributed by atoms with Crippen LogP contribution in [0, 0.1) is 0 Å². The molecule has 1 aromatic rings. The van der Waals surface area contributed by atoms with Crippen molar-refractivity contribution in [3.63, 3.8) is 0 Å². The van der Waals surface area contributed by atoms with Crippen LogP contribution < -0.4 is 4.90 Å². The number of hydrogen-bond donors (Lipinski definition) is 0. The zero-order chi connectivity index (χ0) is 10.7. The maximum atomic E-state index is 5.89. The smallest absolute Gasteiger partial charge is 0.190 e.